The molecular formula is C26H24N4O. The number of hydrogen-bond acceptors (Lipinski definition) is 4. The van der Waals surface area contributed by atoms with Crippen molar-refractivity contribution in [1.82, 2.24) is 20.2 Å². The molecule has 0 aliphatic rings. The second-order valence-electron chi connectivity index (χ2n) is 8.81. The molecule has 2 aromatic carbocycles. The fraction of sp³-hybridized carbons (Fsp3) is 0.192. The van der Waals surface area contributed by atoms with Crippen molar-refractivity contribution in [2.24, 2.45) is 0 Å². The molecule has 0 atom stereocenters. The molecule has 0 fully saturated rings. The van der Waals surface area contributed by atoms with Gasteiger partial charge in [-0.15, -0.1) is 0 Å². The third-order valence-corrected chi connectivity index (χ3v) is 5.58. The van der Waals surface area contributed by atoms with E-state index in [1.165, 1.54) is 5.56 Å². The minimum atomic E-state index is 0.108. The van der Waals surface area contributed by atoms with E-state index in [0.29, 0.717) is 11.3 Å². The summed E-state index contributed by atoms with van der Waals surface area (Å²) in [6.07, 6.45) is 1.57. The number of furan rings is 1. The average Bonchev–Trinajstić information content (AvgIpc) is 3.37. The molecule has 0 bridgehead atoms. The summed E-state index contributed by atoms with van der Waals surface area (Å²) in [5.74, 6) is 0.769. The van der Waals surface area contributed by atoms with E-state index in [1.54, 1.807) is 6.33 Å². The average molecular weight is 409 g/mol. The lowest BCUT2D eigenvalue weighted by molar-refractivity contribution is 0.590. The first-order valence-electron chi connectivity index (χ1n) is 10.4. The lowest BCUT2D eigenvalue weighted by Gasteiger charge is -2.18. The van der Waals surface area contributed by atoms with Crippen molar-refractivity contribution in [3.05, 3.63) is 78.2 Å². The Morgan fingerprint density at radius 3 is 2.29 bits per heavy atom. The SMILES string of the molecule is Cc1[nH]nc(-c2ncnc3cc(-c4ccc(C(C)(C)C)cc4)oc23)c1-c1ccccc1. The minimum absolute atomic E-state index is 0.108. The topological polar surface area (TPSA) is 67.6 Å². The summed E-state index contributed by atoms with van der Waals surface area (Å²) in [7, 11) is 0. The molecule has 0 saturated heterocycles. The zero-order valence-electron chi connectivity index (χ0n) is 18.1. The van der Waals surface area contributed by atoms with Gasteiger partial charge in [0.2, 0.25) is 0 Å². The number of H-pyrrole nitrogens is 1. The molecule has 3 heterocycles. The Morgan fingerprint density at radius 2 is 1.58 bits per heavy atom. The van der Waals surface area contributed by atoms with E-state index >= 15 is 0 Å². The van der Waals surface area contributed by atoms with E-state index in [0.717, 1.165) is 39.4 Å². The molecule has 5 aromatic rings. The summed E-state index contributed by atoms with van der Waals surface area (Å²) in [5.41, 5.74) is 8.35. The third kappa shape index (κ3) is 3.42. The highest BCUT2D eigenvalue weighted by Crippen LogP contribution is 2.37. The molecule has 5 heteroatoms. The molecule has 0 amide bonds. The molecule has 0 aliphatic heterocycles. The first-order chi connectivity index (χ1) is 14.9. The van der Waals surface area contributed by atoms with Gasteiger partial charge in [0.1, 0.15) is 29.0 Å². The summed E-state index contributed by atoms with van der Waals surface area (Å²) < 4.78 is 6.29. The highest BCUT2D eigenvalue weighted by atomic mass is 16.3. The van der Waals surface area contributed by atoms with Crippen LogP contribution in [-0.4, -0.2) is 20.2 Å². The Bertz CT molecular complexity index is 1360. The van der Waals surface area contributed by atoms with Crippen LogP contribution in [0.25, 0.3) is 44.9 Å². The summed E-state index contributed by atoms with van der Waals surface area (Å²) in [4.78, 5) is 8.98. The smallest absolute Gasteiger partial charge is 0.181 e. The van der Waals surface area contributed by atoms with Gasteiger partial charge in [-0.1, -0.05) is 75.4 Å². The Kier molecular flexibility index (Phi) is 4.47. The molecule has 0 radical (unpaired) electrons. The van der Waals surface area contributed by atoms with E-state index in [9.17, 15) is 0 Å². The van der Waals surface area contributed by atoms with E-state index in [4.69, 9.17) is 4.42 Å². The van der Waals surface area contributed by atoms with Crippen LogP contribution in [0.4, 0.5) is 0 Å². The quantitative estimate of drug-likeness (QED) is 0.367. The second kappa shape index (κ2) is 7.20. The van der Waals surface area contributed by atoms with Gasteiger partial charge in [0.05, 0.1) is 0 Å². The van der Waals surface area contributed by atoms with Crippen LogP contribution in [0.1, 0.15) is 32.0 Å². The van der Waals surface area contributed by atoms with Crippen LogP contribution in [0.15, 0.2) is 71.4 Å². The van der Waals surface area contributed by atoms with Crippen molar-refractivity contribution < 1.29 is 4.42 Å². The van der Waals surface area contributed by atoms with Gasteiger partial charge in [-0.2, -0.15) is 5.10 Å². The maximum absolute atomic E-state index is 6.29. The lowest BCUT2D eigenvalue weighted by Crippen LogP contribution is -2.10. The highest BCUT2D eigenvalue weighted by molar-refractivity contribution is 5.94. The maximum Gasteiger partial charge on any atom is 0.181 e. The van der Waals surface area contributed by atoms with E-state index in [2.05, 4.69) is 77.3 Å². The summed E-state index contributed by atoms with van der Waals surface area (Å²) >= 11 is 0. The molecule has 0 aliphatic carbocycles. The molecule has 0 spiro atoms. The number of aromatic amines is 1. The van der Waals surface area contributed by atoms with Crippen molar-refractivity contribution in [3.8, 4) is 33.8 Å². The summed E-state index contributed by atoms with van der Waals surface area (Å²) in [6, 6.07) is 20.7. The molecule has 31 heavy (non-hydrogen) atoms. The van der Waals surface area contributed by atoms with Crippen LogP contribution >= 0.6 is 0 Å². The van der Waals surface area contributed by atoms with Gasteiger partial charge in [0.25, 0.3) is 0 Å². The van der Waals surface area contributed by atoms with Crippen LogP contribution in [-0.2, 0) is 5.41 Å². The van der Waals surface area contributed by atoms with Crippen LogP contribution < -0.4 is 0 Å². The molecule has 154 valence electrons. The van der Waals surface area contributed by atoms with Crippen LogP contribution in [0.2, 0.25) is 0 Å². The first-order valence-corrected chi connectivity index (χ1v) is 10.4. The van der Waals surface area contributed by atoms with E-state index in [-0.39, 0.29) is 5.41 Å². The fourth-order valence-corrected chi connectivity index (χ4v) is 3.86. The van der Waals surface area contributed by atoms with Crippen molar-refractivity contribution in [2.75, 3.05) is 0 Å². The maximum atomic E-state index is 6.29. The predicted octanol–water partition coefficient (Wildman–Crippen LogP) is 6.55. The monoisotopic (exact) mass is 408 g/mol. The first kappa shape index (κ1) is 19.2. The predicted molar refractivity (Wildman–Crippen MR) is 124 cm³/mol. The lowest BCUT2D eigenvalue weighted by atomic mass is 9.86. The highest BCUT2D eigenvalue weighted by Gasteiger charge is 2.21. The normalized spacial score (nSPS) is 11.9. The van der Waals surface area contributed by atoms with Crippen molar-refractivity contribution in [2.45, 2.75) is 33.1 Å². The number of aromatic nitrogens is 4. The van der Waals surface area contributed by atoms with Crippen molar-refractivity contribution in [1.29, 1.82) is 0 Å². The Labute approximate surface area is 181 Å². The number of aryl methyl sites for hydroxylation is 1. The molecule has 0 saturated carbocycles. The molecular weight excluding hydrogens is 384 g/mol. The molecule has 5 nitrogen and oxygen atoms in total. The number of nitrogens with zero attached hydrogens (tertiary/aromatic N) is 3. The number of benzene rings is 2. The Balaban J connectivity index is 1.63. The number of fused-ring (bicyclic) bond motifs is 1. The molecule has 5 rings (SSSR count). The standard InChI is InChI=1S/C26H24N4O/c1-16-22(18-8-6-5-7-9-18)23(30-29-16)24-25-20(27-15-28-24)14-21(31-25)17-10-12-19(13-11-17)26(2,3)4/h5-15H,1-4H3,(H,29,30). The van der Waals surface area contributed by atoms with Crippen LogP contribution in [0.5, 0.6) is 0 Å². The van der Waals surface area contributed by atoms with Crippen molar-refractivity contribution in [3.63, 3.8) is 0 Å². The Hall–Kier alpha value is -3.73. The minimum Gasteiger partial charge on any atom is -0.452 e. The van der Waals surface area contributed by atoms with Crippen LogP contribution in [0, 0.1) is 6.92 Å². The zero-order chi connectivity index (χ0) is 21.6. The van der Waals surface area contributed by atoms with Gasteiger partial charge in [0.15, 0.2) is 5.58 Å². The zero-order valence-corrected chi connectivity index (χ0v) is 18.1. The van der Waals surface area contributed by atoms with Gasteiger partial charge in [-0.05, 0) is 23.5 Å². The molecule has 1 N–H and O–H groups in total. The van der Waals surface area contributed by atoms with E-state index < -0.39 is 0 Å². The van der Waals surface area contributed by atoms with Crippen molar-refractivity contribution >= 4 is 11.1 Å². The summed E-state index contributed by atoms with van der Waals surface area (Å²) in [6.45, 7) is 8.64. The van der Waals surface area contributed by atoms with E-state index in [1.807, 2.05) is 31.2 Å². The fourth-order valence-electron chi connectivity index (χ4n) is 3.86. The Morgan fingerprint density at radius 1 is 0.839 bits per heavy atom. The second-order valence-corrected chi connectivity index (χ2v) is 8.81. The van der Waals surface area contributed by atoms with Gasteiger partial charge in [-0.3, -0.25) is 5.10 Å². The number of hydrogen-bond donors (Lipinski definition) is 1. The van der Waals surface area contributed by atoms with Crippen LogP contribution in [0.3, 0.4) is 0 Å². The third-order valence-electron chi connectivity index (χ3n) is 5.58. The number of nitrogens with one attached hydrogen (secondary N) is 1. The van der Waals surface area contributed by atoms with Gasteiger partial charge < -0.3 is 4.42 Å². The van der Waals surface area contributed by atoms with Gasteiger partial charge in [0, 0.05) is 22.9 Å². The largest absolute Gasteiger partial charge is 0.452 e. The summed E-state index contributed by atoms with van der Waals surface area (Å²) in [5, 5.41) is 7.66. The molecule has 0 unspecified atom stereocenters. The van der Waals surface area contributed by atoms with Gasteiger partial charge in [-0.25, -0.2) is 9.97 Å². The number of rotatable bonds is 3. The van der Waals surface area contributed by atoms with Gasteiger partial charge >= 0.3 is 0 Å². The molecule has 3 aromatic heterocycles.